The maximum absolute atomic E-state index is 5.34. The molecule has 1 aromatic heterocycles. The average molecular weight is 271 g/mol. The molecule has 4 heteroatoms. The van der Waals surface area contributed by atoms with Gasteiger partial charge in [-0.1, -0.05) is 29.8 Å². The summed E-state index contributed by atoms with van der Waals surface area (Å²) in [6, 6.07) is 10.5. The third-order valence-electron chi connectivity index (χ3n) is 3.16. The summed E-state index contributed by atoms with van der Waals surface area (Å²) in [5.41, 5.74) is 4.47. The molecule has 1 heterocycles. The third-order valence-corrected chi connectivity index (χ3v) is 3.16. The van der Waals surface area contributed by atoms with E-state index in [1.165, 1.54) is 11.1 Å². The molecule has 20 heavy (non-hydrogen) atoms. The predicted octanol–water partition coefficient (Wildman–Crippen LogP) is 3.08. The van der Waals surface area contributed by atoms with Crippen molar-refractivity contribution in [2.45, 2.75) is 13.5 Å². The molecule has 106 valence electrons. The summed E-state index contributed by atoms with van der Waals surface area (Å²) in [4.78, 5) is 6.30. The Morgan fingerprint density at radius 3 is 2.45 bits per heavy atom. The maximum Gasteiger partial charge on any atom is 0.239 e. The molecule has 0 atom stereocenters. The Kier molecular flexibility index (Phi) is 4.45. The second kappa shape index (κ2) is 6.28. The van der Waals surface area contributed by atoms with E-state index in [0.29, 0.717) is 5.88 Å². The van der Waals surface area contributed by atoms with Gasteiger partial charge in [-0.15, -0.1) is 0 Å². The molecule has 1 aromatic carbocycles. The van der Waals surface area contributed by atoms with Crippen LogP contribution < -0.4 is 15.0 Å². The molecule has 4 nitrogen and oxygen atoms in total. The Labute approximate surface area is 120 Å². The van der Waals surface area contributed by atoms with E-state index >= 15 is 0 Å². The van der Waals surface area contributed by atoms with Crippen LogP contribution in [0.25, 0.3) is 0 Å². The molecule has 0 unspecified atom stereocenters. The molecule has 0 saturated carbocycles. The molecule has 0 aliphatic carbocycles. The SMILES string of the molecule is COc1nccc(N(C)C)c1NCc1ccc(C)cc1. The van der Waals surface area contributed by atoms with Crippen molar-refractivity contribution in [1.82, 2.24) is 4.98 Å². The number of hydrogen-bond acceptors (Lipinski definition) is 4. The monoisotopic (exact) mass is 271 g/mol. The van der Waals surface area contributed by atoms with Crippen molar-refractivity contribution in [3.63, 3.8) is 0 Å². The summed E-state index contributed by atoms with van der Waals surface area (Å²) in [6.07, 6.45) is 1.76. The number of benzene rings is 1. The van der Waals surface area contributed by atoms with Crippen LogP contribution in [0.15, 0.2) is 36.5 Å². The summed E-state index contributed by atoms with van der Waals surface area (Å²) in [6.45, 7) is 2.83. The van der Waals surface area contributed by atoms with Gasteiger partial charge in [0.1, 0.15) is 5.69 Å². The fraction of sp³-hybridized carbons (Fsp3) is 0.312. The molecule has 2 rings (SSSR count). The van der Waals surface area contributed by atoms with Gasteiger partial charge in [-0.25, -0.2) is 4.98 Å². The van der Waals surface area contributed by atoms with E-state index in [0.717, 1.165) is 17.9 Å². The van der Waals surface area contributed by atoms with Crippen LogP contribution >= 0.6 is 0 Å². The molecule has 0 fully saturated rings. The summed E-state index contributed by atoms with van der Waals surface area (Å²) < 4.78 is 5.34. The van der Waals surface area contributed by atoms with E-state index in [1.54, 1.807) is 13.3 Å². The van der Waals surface area contributed by atoms with Crippen LogP contribution in [0.1, 0.15) is 11.1 Å². The fourth-order valence-electron chi connectivity index (χ4n) is 2.02. The van der Waals surface area contributed by atoms with Crippen molar-refractivity contribution in [3.05, 3.63) is 47.7 Å². The molecule has 0 amide bonds. The zero-order chi connectivity index (χ0) is 14.5. The van der Waals surface area contributed by atoms with E-state index in [1.807, 2.05) is 25.1 Å². The quantitative estimate of drug-likeness (QED) is 0.907. The van der Waals surface area contributed by atoms with Gasteiger partial charge in [0, 0.05) is 26.8 Å². The number of methoxy groups -OCH3 is 1. The van der Waals surface area contributed by atoms with Gasteiger partial charge in [-0.05, 0) is 18.6 Å². The van der Waals surface area contributed by atoms with Crippen LogP contribution in [0.4, 0.5) is 11.4 Å². The van der Waals surface area contributed by atoms with Crippen LogP contribution in [-0.2, 0) is 6.54 Å². The second-order valence-corrected chi connectivity index (χ2v) is 4.95. The van der Waals surface area contributed by atoms with Gasteiger partial charge in [0.2, 0.25) is 5.88 Å². The van der Waals surface area contributed by atoms with Crippen molar-refractivity contribution in [2.24, 2.45) is 0 Å². The van der Waals surface area contributed by atoms with Gasteiger partial charge in [0.25, 0.3) is 0 Å². The van der Waals surface area contributed by atoms with Gasteiger partial charge < -0.3 is 15.0 Å². The number of aryl methyl sites for hydroxylation is 1. The lowest BCUT2D eigenvalue weighted by molar-refractivity contribution is 0.400. The van der Waals surface area contributed by atoms with Crippen molar-refractivity contribution in [3.8, 4) is 5.88 Å². The average Bonchev–Trinajstić information content (AvgIpc) is 2.46. The van der Waals surface area contributed by atoms with E-state index in [-0.39, 0.29) is 0 Å². The normalized spacial score (nSPS) is 10.2. The lowest BCUT2D eigenvalue weighted by Gasteiger charge is -2.20. The van der Waals surface area contributed by atoms with E-state index in [9.17, 15) is 0 Å². The van der Waals surface area contributed by atoms with E-state index < -0.39 is 0 Å². The van der Waals surface area contributed by atoms with Gasteiger partial charge in [-0.2, -0.15) is 0 Å². The largest absolute Gasteiger partial charge is 0.479 e. The van der Waals surface area contributed by atoms with Crippen molar-refractivity contribution < 1.29 is 4.74 Å². The van der Waals surface area contributed by atoms with Crippen LogP contribution in [0.5, 0.6) is 5.88 Å². The van der Waals surface area contributed by atoms with Crippen molar-refractivity contribution in [1.29, 1.82) is 0 Å². The number of anilines is 2. The smallest absolute Gasteiger partial charge is 0.239 e. The van der Waals surface area contributed by atoms with E-state index in [4.69, 9.17) is 4.74 Å². The molecule has 0 bridgehead atoms. The highest BCUT2D eigenvalue weighted by atomic mass is 16.5. The Balaban J connectivity index is 2.21. The predicted molar refractivity (Wildman–Crippen MR) is 83.6 cm³/mol. The minimum atomic E-state index is 0.614. The molecule has 0 spiro atoms. The second-order valence-electron chi connectivity index (χ2n) is 4.95. The Hall–Kier alpha value is -2.23. The number of hydrogen-bond donors (Lipinski definition) is 1. The molecule has 1 N–H and O–H groups in total. The lowest BCUT2D eigenvalue weighted by atomic mass is 10.1. The number of pyridine rings is 1. The highest BCUT2D eigenvalue weighted by Crippen LogP contribution is 2.32. The topological polar surface area (TPSA) is 37.4 Å². The Morgan fingerprint density at radius 1 is 1.15 bits per heavy atom. The number of nitrogens with zero attached hydrogens (tertiary/aromatic N) is 2. The molecular formula is C16H21N3O. The lowest BCUT2D eigenvalue weighted by Crippen LogP contribution is -2.13. The number of rotatable bonds is 5. The summed E-state index contributed by atoms with van der Waals surface area (Å²) in [5, 5.41) is 3.42. The van der Waals surface area contributed by atoms with Crippen LogP contribution in [0.2, 0.25) is 0 Å². The van der Waals surface area contributed by atoms with Gasteiger partial charge in [-0.3, -0.25) is 0 Å². The van der Waals surface area contributed by atoms with Crippen LogP contribution in [0, 0.1) is 6.92 Å². The minimum absolute atomic E-state index is 0.614. The Bertz CT molecular complexity index is 564. The maximum atomic E-state index is 5.34. The van der Waals surface area contributed by atoms with Crippen LogP contribution in [0.3, 0.4) is 0 Å². The molecule has 2 aromatic rings. The van der Waals surface area contributed by atoms with E-state index in [2.05, 4.69) is 41.5 Å². The van der Waals surface area contributed by atoms with Gasteiger partial charge in [0.15, 0.2) is 0 Å². The van der Waals surface area contributed by atoms with Crippen molar-refractivity contribution >= 4 is 11.4 Å². The number of ether oxygens (including phenoxy) is 1. The Morgan fingerprint density at radius 2 is 1.85 bits per heavy atom. The van der Waals surface area contributed by atoms with Gasteiger partial charge in [0.05, 0.1) is 12.8 Å². The molecule has 0 aliphatic rings. The molecule has 0 radical (unpaired) electrons. The zero-order valence-corrected chi connectivity index (χ0v) is 12.5. The number of aromatic nitrogens is 1. The highest BCUT2D eigenvalue weighted by molar-refractivity contribution is 5.74. The minimum Gasteiger partial charge on any atom is -0.479 e. The molecule has 0 aliphatic heterocycles. The summed E-state index contributed by atoms with van der Waals surface area (Å²) in [7, 11) is 5.65. The molecular weight excluding hydrogens is 250 g/mol. The first-order chi connectivity index (χ1) is 9.61. The third kappa shape index (κ3) is 3.20. The van der Waals surface area contributed by atoms with Crippen molar-refractivity contribution in [2.75, 3.05) is 31.4 Å². The summed E-state index contributed by atoms with van der Waals surface area (Å²) >= 11 is 0. The first-order valence-electron chi connectivity index (χ1n) is 6.61. The highest BCUT2D eigenvalue weighted by Gasteiger charge is 2.11. The zero-order valence-electron chi connectivity index (χ0n) is 12.5. The first kappa shape index (κ1) is 14.2. The number of nitrogens with one attached hydrogen (secondary N) is 1. The standard InChI is InChI=1S/C16H21N3O/c1-12-5-7-13(8-6-12)11-18-15-14(19(2)3)9-10-17-16(15)20-4/h5-10,18H,11H2,1-4H3. The first-order valence-corrected chi connectivity index (χ1v) is 6.61. The van der Waals surface area contributed by atoms with Crippen LogP contribution in [-0.4, -0.2) is 26.2 Å². The van der Waals surface area contributed by atoms with Gasteiger partial charge >= 0.3 is 0 Å². The summed E-state index contributed by atoms with van der Waals surface area (Å²) in [5.74, 6) is 0.614. The fourth-order valence-corrected chi connectivity index (χ4v) is 2.02. The molecule has 0 saturated heterocycles.